The number of hydrogen-bond donors (Lipinski definition) is 0. The van der Waals surface area contributed by atoms with E-state index in [9.17, 15) is 9.59 Å². The monoisotopic (exact) mass is 352 g/mol. The Labute approximate surface area is 148 Å². The molecule has 26 heavy (non-hydrogen) atoms. The molecule has 0 saturated heterocycles. The summed E-state index contributed by atoms with van der Waals surface area (Å²) >= 11 is 0. The van der Waals surface area contributed by atoms with Crippen molar-refractivity contribution in [3.63, 3.8) is 0 Å². The summed E-state index contributed by atoms with van der Waals surface area (Å²) in [5.41, 5.74) is 0.972. The smallest absolute Gasteiger partial charge is 0.344 e. The van der Waals surface area contributed by atoms with Crippen LogP contribution in [0.1, 0.15) is 13.8 Å². The molecule has 0 unspecified atom stereocenters. The summed E-state index contributed by atoms with van der Waals surface area (Å²) in [5.74, 6) is 0.999. The molecule has 0 radical (unpaired) electrons. The molecule has 0 saturated carbocycles. The summed E-state index contributed by atoms with van der Waals surface area (Å²) < 4.78 is 21.3. The fourth-order valence-corrected chi connectivity index (χ4v) is 2.65. The Morgan fingerprint density at radius 1 is 1.04 bits per heavy atom. The lowest BCUT2D eigenvalue weighted by molar-refractivity contribution is -0.137. The minimum Gasteiger partial charge on any atom is -0.454 e. The van der Waals surface area contributed by atoms with Crippen LogP contribution in [0.3, 0.4) is 0 Å². The third-order valence-electron chi connectivity index (χ3n) is 4.08. The van der Waals surface area contributed by atoms with Gasteiger partial charge in [0.1, 0.15) is 11.3 Å². The Kier molecular flexibility index (Phi) is 3.88. The van der Waals surface area contributed by atoms with Crippen molar-refractivity contribution in [2.45, 2.75) is 13.8 Å². The van der Waals surface area contributed by atoms with Crippen LogP contribution >= 0.6 is 0 Å². The number of carbonyl (C=O) groups is 1. The van der Waals surface area contributed by atoms with Gasteiger partial charge in [-0.3, -0.25) is 4.79 Å². The van der Waals surface area contributed by atoms with Crippen molar-refractivity contribution in [1.29, 1.82) is 0 Å². The molecule has 1 aliphatic heterocycles. The van der Waals surface area contributed by atoms with E-state index in [1.807, 2.05) is 0 Å². The number of fused-ring (bicyclic) bond motifs is 2. The summed E-state index contributed by atoms with van der Waals surface area (Å²) in [6, 6.07) is 12.0. The van der Waals surface area contributed by atoms with Crippen LogP contribution in [0.4, 0.5) is 0 Å². The Morgan fingerprint density at radius 3 is 2.65 bits per heavy atom. The fraction of sp³-hybridized carbons (Fsp3) is 0.200. The zero-order valence-corrected chi connectivity index (χ0v) is 14.3. The zero-order chi connectivity index (χ0) is 18.3. The number of carbonyl (C=O) groups excluding carboxylic acids is 1. The van der Waals surface area contributed by atoms with Gasteiger partial charge in [0.05, 0.1) is 11.5 Å². The average molecular weight is 352 g/mol. The third-order valence-corrected chi connectivity index (χ3v) is 4.08. The molecule has 1 aromatic heterocycles. The van der Waals surface area contributed by atoms with E-state index in [2.05, 4.69) is 0 Å². The second-order valence-electron chi connectivity index (χ2n) is 6.29. The highest BCUT2D eigenvalue weighted by Gasteiger charge is 2.17. The van der Waals surface area contributed by atoms with E-state index < -0.39 is 5.63 Å². The maximum Gasteiger partial charge on any atom is 0.344 e. The second kappa shape index (κ2) is 6.22. The number of benzene rings is 2. The Balaban J connectivity index is 1.73. The van der Waals surface area contributed by atoms with Gasteiger partial charge in [0, 0.05) is 11.5 Å². The lowest BCUT2D eigenvalue weighted by Gasteiger charge is -2.08. The van der Waals surface area contributed by atoms with Gasteiger partial charge in [-0.25, -0.2) is 4.79 Å². The van der Waals surface area contributed by atoms with Crippen molar-refractivity contribution in [3.8, 4) is 28.4 Å². The molecule has 0 spiro atoms. The van der Waals surface area contributed by atoms with Gasteiger partial charge in [-0.15, -0.1) is 0 Å². The second-order valence-corrected chi connectivity index (χ2v) is 6.29. The summed E-state index contributed by atoms with van der Waals surface area (Å²) in [7, 11) is 0. The van der Waals surface area contributed by atoms with Crippen molar-refractivity contribution in [3.05, 3.63) is 52.9 Å². The largest absolute Gasteiger partial charge is 0.454 e. The van der Waals surface area contributed by atoms with Gasteiger partial charge >= 0.3 is 11.6 Å². The average Bonchev–Trinajstić information content (AvgIpc) is 3.08. The normalized spacial score (nSPS) is 12.6. The first-order valence-corrected chi connectivity index (χ1v) is 8.21. The predicted molar refractivity (Wildman–Crippen MR) is 94.5 cm³/mol. The van der Waals surface area contributed by atoms with Crippen molar-refractivity contribution in [1.82, 2.24) is 0 Å². The molecule has 0 aliphatic carbocycles. The van der Waals surface area contributed by atoms with Crippen LogP contribution in [0.2, 0.25) is 0 Å². The minimum absolute atomic E-state index is 0.170. The maximum atomic E-state index is 12.4. The van der Waals surface area contributed by atoms with Gasteiger partial charge in [0.2, 0.25) is 6.79 Å². The Hall–Kier alpha value is -3.28. The summed E-state index contributed by atoms with van der Waals surface area (Å²) in [6.45, 7) is 3.67. The molecule has 0 fully saturated rings. The number of esters is 1. The fourth-order valence-electron chi connectivity index (χ4n) is 2.65. The van der Waals surface area contributed by atoms with E-state index in [4.69, 9.17) is 18.6 Å². The number of hydrogen-bond acceptors (Lipinski definition) is 6. The van der Waals surface area contributed by atoms with Gasteiger partial charge in [-0.05, 0) is 35.9 Å². The molecule has 6 nitrogen and oxygen atoms in total. The first kappa shape index (κ1) is 16.2. The lowest BCUT2D eigenvalue weighted by Crippen LogP contribution is -2.14. The highest BCUT2D eigenvalue weighted by molar-refractivity contribution is 5.84. The lowest BCUT2D eigenvalue weighted by atomic mass is 10.1. The topological polar surface area (TPSA) is 75.0 Å². The predicted octanol–water partition coefficient (Wildman–Crippen LogP) is 3.75. The van der Waals surface area contributed by atoms with Crippen molar-refractivity contribution in [2.75, 3.05) is 6.79 Å². The van der Waals surface area contributed by atoms with Gasteiger partial charge in [-0.2, -0.15) is 0 Å². The molecule has 0 atom stereocenters. The molecule has 6 heteroatoms. The molecule has 2 aromatic carbocycles. The van der Waals surface area contributed by atoms with Crippen molar-refractivity contribution in [2.24, 2.45) is 5.92 Å². The van der Waals surface area contributed by atoms with E-state index in [1.165, 1.54) is 0 Å². The van der Waals surface area contributed by atoms with Gasteiger partial charge in [0.15, 0.2) is 11.5 Å². The van der Waals surface area contributed by atoms with Crippen LogP contribution in [-0.2, 0) is 4.79 Å². The van der Waals surface area contributed by atoms with Crippen molar-refractivity contribution < 1.29 is 23.4 Å². The standard InChI is InChI=1S/C20H16O6/c1-11(2)19(21)25-14-5-3-13-7-15(20(22)26-17(13)9-14)12-4-6-16-18(8-12)24-10-23-16/h3-9,11H,10H2,1-2H3. The molecule has 132 valence electrons. The van der Waals surface area contributed by atoms with Crippen LogP contribution in [0, 0.1) is 5.92 Å². The summed E-state index contributed by atoms with van der Waals surface area (Å²) in [4.78, 5) is 24.1. The molecule has 2 heterocycles. The summed E-state index contributed by atoms with van der Waals surface area (Å²) in [6.07, 6.45) is 0. The molecule has 0 N–H and O–H groups in total. The summed E-state index contributed by atoms with van der Waals surface area (Å²) in [5, 5.41) is 0.724. The van der Waals surface area contributed by atoms with Crippen LogP contribution < -0.4 is 19.8 Å². The first-order valence-electron chi connectivity index (χ1n) is 8.21. The van der Waals surface area contributed by atoms with Gasteiger partial charge in [0.25, 0.3) is 0 Å². The highest BCUT2D eigenvalue weighted by Crippen LogP contribution is 2.35. The quantitative estimate of drug-likeness (QED) is 0.406. The van der Waals surface area contributed by atoms with E-state index >= 15 is 0 Å². The molecule has 0 amide bonds. The maximum absolute atomic E-state index is 12.4. The molecule has 1 aliphatic rings. The number of rotatable bonds is 3. The SMILES string of the molecule is CC(C)C(=O)Oc1ccc2cc(-c3ccc4c(c3)OCO4)c(=O)oc2c1. The van der Waals surface area contributed by atoms with Gasteiger partial charge < -0.3 is 18.6 Å². The molecular formula is C20H16O6. The van der Waals surface area contributed by atoms with E-state index in [0.29, 0.717) is 34.0 Å². The van der Waals surface area contributed by atoms with Crippen LogP contribution in [0.25, 0.3) is 22.1 Å². The van der Waals surface area contributed by atoms with Crippen LogP contribution in [0.5, 0.6) is 17.2 Å². The Morgan fingerprint density at radius 2 is 1.85 bits per heavy atom. The molecule has 3 aromatic rings. The molecule has 0 bridgehead atoms. The van der Waals surface area contributed by atoms with Crippen LogP contribution in [0.15, 0.2) is 51.7 Å². The minimum atomic E-state index is -0.483. The first-order chi connectivity index (χ1) is 12.5. The zero-order valence-electron chi connectivity index (χ0n) is 14.3. The number of ether oxygens (including phenoxy) is 3. The highest BCUT2D eigenvalue weighted by atomic mass is 16.7. The molecule has 4 rings (SSSR count). The third kappa shape index (κ3) is 2.90. The van der Waals surface area contributed by atoms with Crippen LogP contribution in [-0.4, -0.2) is 12.8 Å². The van der Waals surface area contributed by atoms with E-state index in [0.717, 1.165) is 5.39 Å². The molecular weight excluding hydrogens is 336 g/mol. The van der Waals surface area contributed by atoms with E-state index in [1.54, 1.807) is 56.3 Å². The van der Waals surface area contributed by atoms with E-state index in [-0.39, 0.29) is 18.7 Å². The Bertz CT molecular complexity index is 1060. The van der Waals surface area contributed by atoms with Gasteiger partial charge in [-0.1, -0.05) is 19.9 Å². The van der Waals surface area contributed by atoms with Crippen molar-refractivity contribution >= 4 is 16.9 Å².